The molecule has 0 saturated heterocycles. The molecule has 180 valence electrons. The average Bonchev–Trinajstić information content (AvgIpc) is 3.34. The van der Waals surface area contributed by atoms with E-state index in [1.54, 1.807) is 11.6 Å². The predicted octanol–water partition coefficient (Wildman–Crippen LogP) is 4.31. The zero-order chi connectivity index (χ0) is 24.5. The maximum Gasteiger partial charge on any atom is 0.252 e. The van der Waals surface area contributed by atoms with Gasteiger partial charge in [0.15, 0.2) is 0 Å². The number of nitrogens with one attached hydrogen (secondary N) is 2. The lowest BCUT2D eigenvalue weighted by Gasteiger charge is -2.33. The van der Waals surface area contributed by atoms with Gasteiger partial charge in [0.05, 0.1) is 36.0 Å². The maximum atomic E-state index is 12.2. The molecular weight excluding hydrogens is 430 g/mol. The first-order valence-electron chi connectivity index (χ1n) is 11.7. The van der Waals surface area contributed by atoms with Crippen molar-refractivity contribution in [2.75, 3.05) is 24.4 Å². The number of carbonyl (C=O) groups is 2. The second kappa shape index (κ2) is 9.46. The summed E-state index contributed by atoms with van der Waals surface area (Å²) in [6.07, 6.45) is 5.94. The number of primary amides is 1. The van der Waals surface area contributed by atoms with Crippen LogP contribution in [0, 0.1) is 11.3 Å². The lowest BCUT2D eigenvalue weighted by atomic mass is 9.80. The summed E-state index contributed by atoms with van der Waals surface area (Å²) in [4.78, 5) is 24.2. The highest BCUT2D eigenvalue weighted by Crippen LogP contribution is 2.44. The average molecular weight is 464 g/mol. The minimum absolute atomic E-state index is 0.0905. The highest BCUT2D eigenvalue weighted by atomic mass is 16.5. The first-order chi connectivity index (χ1) is 16.2. The van der Waals surface area contributed by atoms with Gasteiger partial charge in [-0.05, 0) is 47.9 Å². The van der Waals surface area contributed by atoms with Crippen LogP contribution in [0.3, 0.4) is 0 Å². The first-order valence-corrected chi connectivity index (χ1v) is 11.7. The number of rotatable bonds is 8. The van der Waals surface area contributed by atoms with Crippen LogP contribution in [0.5, 0.6) is 0 Å². The van der Waals surface area contributed by atoms with Gasteiger partial charge < -0.3 is 21.1 Å². The van der Waals surface area contributed by atoms with E-state index in [2.05, 4.69) is 36.5 Å². The van der Waals surface area contributed by atoms with Crippen LogP contribution in [0.4, 0.5) is 11.4 Å². The second-order valence-electron chi connectivity index (χ2n) is 9.72. The number of methoxy groups -OCH3 is 1. The van der Waals surface area contributed by atoms with Gasteiger partial charge in [-0.1, -0.05) is 32.9 Å². The number of ether oxygens (including phenoxy) is 1. The molecule has 2 aromatic heterocycles. The van der Waals surface area contributed by atoms with Gasteiger partial charge in [-0.25, -0.2) is 4.52 Å². The van der Waals surface area contributed by atoms with E-state index in [-0.39, 0.29) is 17.4 Å². The molecule has 1 unspecified atom stereocenters. The van der Waals surface area contributed by atoms with Gasteiger partial charge in [0.25, 0.3) is 5.91 Å². The van der Waals surface area contributed by atoms with Gasteiger partial charge in [0.1, 0.15) is 0 Å². The maximum absolute atomic E-state index is 12.2. The van der Waals surface area contributed by atoms with E-state index in [4.69, 9.17) is 10.5 Å². The van der Waals surface area contributed by atoms with Gasteiger partial charge in [-0.2, -0.15) is 5.10 Å². The van der Waals surface area contributed by atoms with Crippen molar-refractivity contribution in [2.45, 2.75) is 46.1 Å². The summed E-state index contributed by atoms with van der Waals surface area (Å²) in [5.74, 6) is -0.0133. The fourth-order valence-electron chi connectivity index (χ4n) is 4.65. The van der Waals surface area contributed by atoms with E-state index in [1.807, 2.05) is 36.5 Å². The molecule has 0 aliphatic heterocycles. The van der Waals surface area contributed by atoms with Crippen molar-refractivity contribution in [1.29, 1.82) is 0 Å². The third kappa shape index (κ3) is 4.63. The standard InChI is InChI=1S/C26H33N5O3/c1-16-5-10-22(26(16,2)3)30-24-20(25(27)33)14-28-31-15-18(13-21(24)31)17-6-8-19(9-7-17)29-23(32)11-12-34-4/h6-9,13-16,22,30H,5,10-12H2,1-4H3,(H2,27,33)(H,29,32)/t16?,22-/m1/s1. The molecule has 2 heterocycles. The number of benzene rings is 1. The molecule has 3 aromatic rings. The Kier molecular flexibility index (Phi) is 6.61. The Hall–Kier alpha value is -3.39. The van der Waals surface area contributed by atoms with Gasteiger partial charge in [-0.3, -0.25) is 9.59 Å². The number of hydrogen-bond acceptors (Lipinski definition) is 5. The molecule has 1 fully saturated rings. The second-order valence-corrected chi connectivity index (χ2v) is 9.72. The highest BCUT2D eigenvalue weighted by Gasteiger charge is 2.41. The van der Waals surface area contributed by atoms with Crippen molar-refractivity contribution < 1.29 is 14.3 Å². The van der Waals surface area contributed by atoms with E-state index in [9.17, 15) is 9.59 Å². The minimum Gasteiger partial charge on any atom is -0.384 e. The van der Waals surface area contributed by atoms with Gasteiger partial charge in [0, 0.05) is 30.6 Å². The number of nitrogens with two attached hydrogens (primary N) is 1. The summed E-state index contributed by atoms with van der Waals surface area (Å²) >= 11 is 0. The lowest BCUT2D eigenvalue weighted by molar-refractivity contribution is -0.117. The summed E-state index contributed by atoms with van der Waals surface area (Å²) in [5, 5.41) is 10.9. The number of carbonyl (C=O) groups excluding carboxylic acids is 2. The zero-order valence-electron chi connectivity index (χ0n) is 20.2. The third-order valence-electron chi connectivity index (χ3n) is 7.31. The third-order valence-corrected chi connectivity index (χ3v) is 7.31. The van der Waals surface area contributed by atoms with Crippen LogP contribution in [-0.2, 0) is 9.53 Å². The van der Waals surface area contributed by atoms with Crippen molar-refractivity contribution >= 4 is 28.7 Å². The Bertz CT molecular complexity index is 1200. The molecule has 0 spiro atoms. The smallest absolute Gasteiger partial charge is 0.252 e. The highest BCUT2D eigenvalue weighted by molar-refractivity contribution is 6.02. The van der Waals surface area contributed by atoms with E-state index in [0.29, 0.717) is 24.5 Å². The number of fused-ring (bicyclic) bond motifs is 1. The molecule has 4 N–H and O–H groups in total. The van der Waals surface area contributed by atoms with Crippen molar-refractivity contribution in [3.8, 4) is 11.1 Å². The summed E-state index contributed by atoms with van der Waals surface area (Å²) in [6, 6.07) is 9.87. The van der Waals surface area contributed by atoms with Crippen LogP contribution in [-0.4, -0.2) is 41.2 Å². The molecule has 2 amide bonds. The molecule has 4 rings (SSSR count). The SMILES string of the molecule is COCCC(=O)Nc1ccc(-c2cc3c(N[C@@H]4CCC(C)C4(C)C)c(C(N)=O)cnn3c2)cc1. The largest absolute Gasteiger partial charge is 0.384 e. The van der Waals surface area contributed by atoms with Gasteiger partial charge in [-0.15, -0.1) is 0 Å². The summed E-state index contributed by atoms with van der Waals surface area (Å²) in [5.41, 5.74) is 10.4. The van der Waals surface area contributed by atoms with Crippen LogP contribution in [0.2, 0.25) is 0 Å². The van der Waals surface area contributed by atoms with Crippen molar-refractivity contribution in [1.82, 2.24) is 9.61 Å². The van der Waals surface area contributed by atoms with Crippen molar-refractivity contribution in [2.24, 2.45) is 17.1 Å². The molecule has 8 heteroatoms. The van der Waals surface area contributed by atoms with Crippen LogP contribution in [0.1, 0.15) is 50.4 Å². The molecule has 1 aliphatic carbocycles. The number of amides is 2. The molecule has 34 heavy (non-hydrogen) atoms. The Morgan fingerprint density at radius 2 is 1.94 bits per heavy atom. The van der Waals surface area contributed by atoms with Crippen molar-refractivity contribution in [3.05, 3.63) is 48.3 Å². The summed E-state index contributed by atoms with van der Waals surface area (Å²) in [6.45, 7) is 7.19. The molecule has 0 bridgehead atoms. The first kappa shape index (κ1) is 23.8. The number of nitrogens with zero attached hydrogens (tertiary/aromatic N) is 2. The quantitative estimate of drug-likeness (QED) is 0.461. The van der Waals surface area contributed by atoms with Crippen LogP contribution in [0.15, 0.2) is 42.7 Å². The molecule has 1 aromatic carbocycles. The molecule has 0 radical (unpaired) electrons. The monoisotopic (exact) mass is 463 g/mol. The molecule has 2 atom stereocenters. The summed E-state index contributed by atoms with van der Waals surface area (Å²) < 4.78 is 6.72. The predicted molar refractivity (Wildman–Crippen MR) is 134 cm³/mol. The minimum atomic E-state index is -0.502. The zero-order valence-corrected chi connectivity index (χ0v) is 20.2. The molecule has 1 aliphatic rings. The van der Waals surface area contributed by atoms with Crippen molar-refractivity contribution in [3.63, 3.8) is 0 Å². The molecule has 8 nitrogen and oxygen atoms in total. The topological polar surface area (TPSA) is 111 Å². The van der Waals surface area contributed by atoms with Crippen LogP contribution < -0.4 is 16.4 Å². The van der Waals surface area contributed by atoms with Gasteiger partial charge >= 0.3 is 0 Å². The Morgan fingerprint density at radius 1 is 1.21 bits per heavy atom. The van der Waals surface area contributed by atoms with E-state index in [1.165, 1.54) is 6.20 Å². The summed E-state index contributed by atoms with van der Waals surface area (Å²) in [7, 11) is 1.57. The van der Waals surface area contributed by atoms with E-state index in [0.717, 1.165) is 40.9 Å². The Balaban J connectivity index is 1.64. The number of anilines is 2. The number of hydrogen-bond donors (Lipinski definition) is 3. The fourth-order valence-corrected chi connectivity index (χ4v) is 4.65. The van der Waals surface area contributed by atoms with E-state index < -0.39 is 5.91 Å². The Morgan fingerprint density at radius 3 is 2.56 bits per heavy atom. The lowest BCUT2D eigenvalue weighted by Crippen LogP contribution is -2.35. The van der Waals surface area contributed by atoms with Gasteiger partial charge in [0.2, 0.25) is 5.91 Å². The molecular formula is C26H33N5O3. The molecule has 1 saturated carbocycles. The van der Waals surface area contributed by atoms with Crippen LogP contribution >= 0.6 is 0 Å². The van der Waals surface area contributed by atoms with E-state index >= 15 is 0 Å². The number of aromatic nitrogens is 2. The van der Waals surface area contributed by atoms with Crippen LogP contribution in [0.25, 0.3) is 16.6 Å². The fraction of sp³-hybridized carbons (Fsp3) is 0.423. The Labute approximate surface area is 199 Å². The normalized spacial score (nSPS) is 19.3.